The van der Waals surface area contributed by atoms with Gasteiger partial charge in [0.25, 0.3) is 5.91 Å². The maximum Gasteiger partial charge on any atom is 0.276 e. The number of hydrogen-bond acceptors (Lipinski definition) is 4. The number of rotatable bonds is 7. The lowest BCUT2D eigenvalue weighted by molar-refractivity contribution is -0.122. The molecule has 9 heteroatoms. The first-order valence-corrected chi connectivity index (χ1v) is 11.4. The van der Waals surface area contributed by atoms with Crippen LogP contribution in [-0.2, 0) is 11.4 Å². The van der Waals surface area contributed by atoms with E-state index in [1.807, 2.05) is 25.1 Å². The molecule has 1 aliphatic heterocycles. The van der Waals surface area contributed by atoms with Crippen molar-refractivity contribution in [1.29, 1.82) is 0 Å². The van der Waals surface area contributed by atoms with Gasteiger partial charge in [0, 0.05) is 22.2 Å². The summed E-state index contributed by atoms with van der Waals surface area (Å²) in [6, 6.07) is 8.99. The average Bonchev–Trinajstić information content (AvgIpc) is 2.95. The van der Waals surface area contributed by atoms with Gasteiger partial charge >= 0.3 is 0 Å². The molecule has 0 bridgehead atoms. The van der Waals surface area contributed by atoms with Crippen molar-refractivity contribution in [3.63, 3.8) is 0 Å². The molecule has 1 amide bonds. The van der Waals surface area contributed by atoms with Crippen LogP contribution in [0.5, 0.6) is 11.5 Å². The largest absolute Gasteiger partial charge is 0.493 e. The molecular weight excluding hydrogens is 558 g/mol. The number of halogens is 3. The van der Waals surface area contributed by atoms with E-state index >= 15 is 0 Å². The van der Waals surface area contributed by atoms with E-state index in [2.05, 4.69) is 27.9 Å². The molecule has 1 aliphatic rings. The summed E-state index contributed by atoms with van der Waals surface area (Å²) in [6.45, 7) is 2.85. The van der Waals surface area contributed by atoms with Crippen LogP contribution >= 0.6 is 58.0 Å². The molecule has 2 aromatic carbocycles. The van der Waals surface area contributed by atoms with Crippen LogP contribution in [0.1, 0.15) is 24.5 Å². The molecular formula is C21H19Cl2IN2O3S. The number of hydrogen-bond donors (Lipinski definition) is 1. The highest BCUT2D eigenvalue weighted by Crippen LogP contribution is 2.36. The minimum atomic E-state index is -0.131. The summed E-state index contributed by atoms with van der Waals surface area (Å²) in [6.07, 6.45) is 2.59. The van der Waals surface area contributed by atoms with Crippen LogP contribution in [0.3, 0.4) is 0 Å². The predicted molar refractivity (Wildman–Crippen MR) is 132 cm³/mol. The Kier molecular flexibility index (Phi) is 7.84. The number of carbonyl (C=O) groups is 1. The Morgan fingerprint density at radius 3 is 2.70 bits per heavy atom. The second-order valence-electron chi connectivity index (χ2n) is 6.50. The second-order valence-corrected chi connectivity index (χ2v) is 8.90. The third kappa shape index (κ3) is 5.19. The molecule has 0 spiro atoms. The van der Waals surface area contributed by atoms with Gasteiger partial charge < -0.3 is 14.8 Å². The molecule has 0 radical (unpaired) electrons. The Morgan fingerprint density at radius 2 is 2.03 bits per heavy atom. The van der Waals surface area contributed by atoms with Crippen LogP contribution in [0.4, 0.5) is 0 Å². The Balaban J connectivity index is 1.84. The van der Waals surface area contributed by atoms with Crippen molar-refractivity contribution < 1.29 is 14.3 Å². The molecule has 3 rings (SSSR count). The predicted octanol–water partition coefficient (Wildman–Crippen LogP) is 5.65. The number of nitrogens with one attached hydrogen (secondary N) is 1. The zero-order valence-electron chi connectivity index (χ0n) is 16.3. The van der Waals surface area contributed by atoms with Crippen molar-refractivity contribution in [2.45, 2.75) is 20.0 Å². The highest BCUT2D eigenvalue weighted by molar-refractivity contribution is 14.1. The van der Waals surface area contributed by atoms with Gasteiger partial charge in [0.1, 0.15) is 12.3 Å². The summed E-state index contributed by atoms with van der Waals surface area (Å²) >= 11 is 19.6. The van der Waals surface area contributed by atoms with E-state index < -0.39 is 0 Å². The highest BCUT2D eigenvalue weighted by Gasteiger charge is 2.29. The molecule has 0 aliphatic carbocycles. The van der Waals surface area contributed by atoms with Gasteiger partial charge in [-0.05, 0) is 77.1 Å². The molecule has 158 valence electrons. The third-order valence-corrected chi connectivity index (χ3v) is 6.07. The van der Waals surface area contributed by atoms with E-state index in [0.29, 0.717) is 38.9 Å². The molecule has 0 aromatic heterocycles. The van der Waals surface area contributed by atoms with Gasteiger partial charge in [0.15, 0.2) is 16.6 Å². The number of thiocarbonyl (C=S) groups is 1. The van der Waals surface area contributed by atoms with E-state index in [4.69, 9.17) is 44.9 Å². The Bertz CT molecular complexity index is 1030. The summed E-state index contributed by atoms with van der Waals surface area (Å²) in [7, 11) is 1.57. The number of nitrogens with zero attached hydrogens (tertiary/aromatic N) is 1. The quantitative estimate of drug-likeness (QED) is 0.262. The molecule has 30 heavy (non-hydrogen) atoms. The molecule has 0 atom stereocenters. The fourth-order valence-electron chi connectivity index (χ4n) is 2.92. The summed E-state index contributed by atoms with van der Waals surface area (Å²) in [5.74, 6) is 1.02. The van der Waals surface area contributed by atoms with Gasteiger partial charge in [0.05, 0.1) is 10.7 Å². The maximum atomic E-state index is 12.6. The van der Waals surface area contributed by atoms with Gasteiger partial charge in [-0.2, -0.15) is 0 Å². The smallest absolute Gasteiger partial charge is 0.276 e. The standard InChI is InChI=1S/C21H19Cl2IN2O3S/c1-3-6-26-20(27)17(25-21(26)30)8-12-7-16(24)19(18(9-12)28-2)29-11-13-4-5-14(22)10-15(13)23/h4-5,7-10H,3,6,11H2,1-2H3,(H,25,30)/b17-8-. The summed E-state index contributed by atoms with van der Waals surface area (Å²) in [4.78, 5) is 14.1. The fourth-order valence-corrected chi connectivity index (χ4v) is 4.45. The van der Waals surface area contributed by atoms with E-state index in [0.717, 1.165) is 21.1 Å². The first-order chi connectivity index (χ1) is 14.3. The molecule has 0 unspecified atom stereocenters. The van der Waals surface area contributed by atoms with Gasteiger partial charge in [0.2, 0.25) is 0 Å². The third-order valence-electron chi connectivity index (χ3n) is 4.36. The highest BCUT2D eigenvalue weighted by atomic mass is 127. The lowest BCUT2D eigenvalue weighted by atomic mass is 10.1. The SMILES string of the molecule is CCCN1C(=O)/C(=C/c2cc(I)c(OCc3ccc(Cl)cc3Cl)c(OC)c2)NC1=S. The summed E-state index contributed by atoms with van der Waals surface area (Å²) in [5.41, 5.74) is 2.05. The molecule has 1 N–H and O–H groups in total. The first kappa shape index (κ1) is 23.1. The normalized spacial score (nSPS) is 15.0. The van der Waals surface area contributed by atoms with Crippen LogP contribution in [0, 0.1) is 3.57 Å². The van der Waals surface area contributed by atoms with Crippen molar-refractivity contribution in [3.05, 3.63) is 60.8 Å². The minimum absolute atomic E-state index is 0.131. The van der Waals surface area contributed by atoms with Crippen molar-refractivity contribution in [2.24, 2.45) is 0 Å². The van der Waals surface area contributed by atoms with E-state index in [1.54, 1.807) is 30.2 Å². The van der Waals surface area contributed by atoms with E-state index in [9.17, 15) is 4.79 Å². The molecule has 5 nitrogen and oxygen atoms in total. The zero-order valence-corrected chi connectivity index (χ0v) is 20.8. The van der Waals surface area contributed by atoms with Crippen molar-refractivity contribution in [2.75, 3.05) is 13.7 Å². The zero-order chi connectivity index (χ0) is 21.8. The van der Waals surface area contributed by atoms with Crippen LogP contribution in [0.2, 0.25) is 10.0 Å². The maximum absolute atomic E-state index is 12.6. The van der Waals surface area contributed by atoms with Gasteiger partial charge in [-0.3, -0.25) is 9.69 Å². The molecule has 0 saturated carbocycles. The number of ether oxygens (including phenoxy) is 2. The summed E-state index contributed by atoms with van der Waals surface area (Å²) in [5, 5.41) is 4.52. The van der Waals surface area contributed by atoms with Gasteiger partial charge in [-0.15, -0.1) is 0 Å². The van der Waals surface area contributed by atoms with Gasteiger partial charge in [-0.25, -0.2) is 0 Å². The Morgan fingerprint density at radius 1 is 1.27 bits per heavy atom. The van der Waals surface area contributed by atoms with Crippen LogP contribution in [0.15, 0.2) is 36.0 Å². The van der Waals surface area contributed by atoms with Crippen molar-refractivity contribution in [3.8, 4) is 11.5 Å². The van der Waals surface area contributed by atoms with Gasteiger partial charge in [-0.1, -0.05) is 36.2 Å². The second kappa shape index (κ2) is 10.2. The average molecular weight is 577 g/mol. The van der Waals surface area contributed by atoms with E-state index in [1.165, 1.54) is 0 Å². The van der Waals surface area contributed by atoms with Crippen LogP contribution in [-0.4, -0.2) is 29.6 Å². The Labute approximate surface area is 204 Å². The monoisotopic (exact) mass is 576 g/mol. The first-order valence-electron chi connectivity index (χ1n) is 9.12. The lowest BCUT2D eigenvalue weighted by Gasteiger charge is -2.14. The lowest BCUT2D eigenvalue weighted by Crippen LogP contribution is -2.31. The number of benzene rings is 2. The minimum Gasteiger partial charge on any atom is -0.493 e. The number of amides is 1. The molecule has 2 aromatic rings. The van der Waals surface area contributed by atoms with Crippen molar-refractivity contribution >= 4 is 75.1 Å². The topological polar surface area (TPSA) is 50.8 Å². The van der Waals surface area contributed by atoms with E-state index in [-0.39, 0.29) is 12.5 Å². The molecule has 1 saturated heterocycles. The molecule has 1 fully saturated rings. The number of methoxy groups -OCH3 is 1. The van der Waals surface area contributed by atoms with Crippen LogP contribution in [0.25, 0.3) is 6.08 Å². The van der Waals surface area contributed by atoms with Crippen LogP contribution < -0.4 is 14.8 Å². The summed E-state index contributed by atoms with van der Waals surface area (Å²) < 4.78 is 12.3. The molecule has 1 heterocycles. The number of carbonyl (C=O) groups excluding carboxylic acids is 1. The fraction of sp³-hybridized carbons (Fsp3) is 0.238. The Hall–Kier alpha value is -1.55. The van der Waals surface area contributed by atoms with Crippen molar-refractivity contribution in [1.82, 2.24) is 10.2 Å².